The first-order valence-corrected chi connectivity index (χ1v) is 15.6. The Morgan fingerprint density at radius 3 is 2.39 bits per heavy atom. The lowest BCUT2D eigenvalue weighted by molar-refractivity contribution is -0.140. The predicted octanol–water partition coefficient (Wildman–Crippen LogP) is 4.68. The molecule has 0 saturated carbocycles. The van der Waals surface area contributed by atoms with Crippen LogP contribution in [0.25, 0.3) is 0 Å². The molecule has 222 valence electrons. The van der Waals surface area contributed by atoms with Gasteiger partial charge in [-0.3, -0.25) is 19.4 Å². The van der Waals surface area contributed by atoms with Crippen molar-refractivity contribution in [2.75, 3.05) is 46.4 Å². The third-order valence-electron chi connectivity index (χ3n) is 9.20. The maximum absolute atomic E-state index is 14.0. The van der Waals surface area contributed by atoms with Gasteiger partial charge in [-0.2, -0.15) is 0 Å². The minimum atomic E-state index is -0.620. The van der Waals surface area contributed by atoms with E-state index in [0.29, 0.717) is 36.9 Å². The fourth-order valence-electron chi connectivity index (χ4n) is 7.15. The van der Waals surface area contributed by atoms with Crippen LogP contribution in [0, 0.1) is 5.92 Å². The van der Waals surface area contributed by atoms with Crippen molar-refractivity contribution < 1.29 is 14.3 Å². The highest BCUT2D eigenvalue weighted by Crippen LogP contribution is 2.36. The molecule has 0 aromatic heterocycles. The summed E-state index contributed by atoms with van der Waals surface area (Å²) in [5.41, 5.74) is 3.60. The van der Waals surface area contributed by atoms with Crippen molar-refractivity contribution in [3.8, 4) is 0 Å². The number of halogens is 1. The van der Waals surface area contributed by atoms with E-state index >= 15 is 0 Å². The molecule has 5 rings (SSSR count). The van der Waals surface area contributed by atoms with Crippen LogP contribution < -0.4 is 5.32 Å². The monoisotopic (exact) mass is 580 g/mol. The molecule has 0 bridgehead atoms. The lowest BCUT2D eigenvalue weighted by Gasteiger charge is -2.50. The maximum atomic E-state index is 14.0. The molecule has 0 aliphatic carbocycles. The molecule has 1 unspecified atom stereocenters. The smallest absolute Gasteiger partial charge is 0.245 e. The molecular weight excluding hydrogens is 536 g/mol. The Morgan fingerprint density at radius 2 is 1.71 bits per heavy atom. The van der Waals surface area contributed by atoms with Crippen molar-refractivity contribution >= 4 is 23.4 Å². The van der Waals surface area contributed by atoms with Gasteiger partial charge >= 0.3 is 0 Å². The van der Waals surface area contributed by atoms with Crippen LogP contribution >= 0.6 is 11.6 Å². The minimum absolute atomic E-state index is 0.00184. The summed E-state index contributed by atoms with van der Waals surface area (Å²) in [7, 11) is 2.05. The van der Waals surface area contributed by atoms with E-state index in [1.807, 2.05) is 41.3 Å². The van der Waals surface area contributed by atoms with Crippen LogP contribution in [0.2, 0.25) is 5.02 Å². The average molecular weight is 581 g/mol. The molecule has 0 spiro atoms. The summed E-state index contributed by atoms with van der Waals surface area (Å²) in [4.78, 5) is 34.2. The number of benzene rings is 2. The number of hydrogen-bond donors (Lipinski definition) is 1. The maximum Gasteiger partial charge on any atom is 0.245 e. The van der Waals surface area contributed by atoms with Gasteiger partial charge in [-0.1, -0.05) is 61.8 Å². The van der Waals surface area contributed by atoms with Crippen molar-refractivity contribution in [2.45, 2.75) is 70.1 Å². The number of fused-ring (bicyclic) bond motifs is 1. The van der Waals surface area contributed by atoms with Gasteiger partial charge < -0.3 is 15.0 Å². The highest BCUT2D eigenvalue weighted by atomic mass is 35.5. The first-order chi connectivity index (χ1) is 19.7. The second-order valence-electron chi connectivity index (χ2n) is 12.5. The molecule has 0 radical (unpaired) electrons. The molecule has 3 aliphatic heterocycles. The molecule has 2 saturated heterocycles. The molecule has 1 N–H and O–H groups in total. The summed E-state index contributed by atoms with van der Waals surface area (Å²) in [6, 6.07) is 15.3. The van der Waals surface area contributed by atoms with Gasteiger partial charge in [-0.05, 0) is 61.1 Å². The summed E-state index contributed by atoms with van der Waals surface area (Å²) >= 11 is 6.13. The van der Waals surface area contributed by atoms with Gasteiger partial charge in [0.2, 0.25) is 11.8 Å². The van der Waals surface area contributed by atoms with E-state index in [0.717, 1.165) is 57.7 Å². The standard InChI is InChI=1S/C33H45ClN4O3/c1-24(2)22-33(12-18-41-19-13-33)38-16-14-37(15-17-38)32(40)29(20-25-8-10-27(34)11-9-25)35-31(39)21-30-28-7-5-4-6-26(28)23-36(30)3/h4-11,24,29-30H,12-23H2,1-3H3,(H,35,39)/t29-,30?/m1/s1. The molecule has 7 nitrogen and oxygen atoms in total. The van der Waals surface area contributed by atoms with Gasteiger partial charge in [0.05, 0.1) is 0 Å². The van der Waals surface area contributed by atoms with Gasteiger partial charge in [-0.15, -0.1) is 0 Å². The number of amides is 2. The highest BCUT2D eigenvalue weighted by molar-refractivity contribution is 6.30. The van der Waals surface area contributed by atoms with Crippen molar-refractivity contribution in [1.82, 2.24) is 20.0 Å². The third-order valence-corrected chi connectivity index (χ3v) is 9.46. The second kappa shape index (κ2) is 13.2. The van der Waals surface area contributed by atoms with E-state index in [9.17, 15) is 9.59 Å². The summed E-state index contributed by atoms with van der Waals surface area (Å²) in [6.07, 6.45) is 4.01. The number of ether oxygens (including phenoxy) is 1. The van der Waals surface area contributed by atoms with Crippen LogP contribution in [0.1, 0.15) is 62.3 Å². The number of piperazine rings is 1. The quantitative estimate of drug-likeness (QED) is 0.466. The first-order valence-electron chi connectivity index (χ1n) is 15.2. The third kappa shape index (κ3) is 7.14. The number of carbonyl (C=O) groups excluding carboxylic acids is 2. The highest BCUT2D eigenvalue weighted by Gasteiger charge is 2.41. The number of nitrogens with one attached hydrogen (secondary N) is 1. The number of carbonyl (C=O) groups is 2. The molecule has 3 aliphatic rings. The predicted molar refractivity (Wildman–Crippen MR) is 163 cm³/mol. The zero-order valence-electron chi connectivity index (χ0n) is 24.8. The Bertz CT molecular complexity index is 1190. The first kappa shape index (κ1) is 30.0. The Kier molecular flexibility index (Phi) is 9.70. The second-order valence-corrected chi connectivity index (χ2v) is 13.0. The van der Waals surface area contributed by atoms with Crippen LogP contribution in [-0.2, 0) is 27.3 Å². The van der Waals surface area contributed by atoms with Crippen LogP contribution in [0.5, 0.6) is 0 Å². The Balaban J connectivity index is 1.27. The van der Waals surface area contributed by atoms with Gasteiger partial charge in [0.1, 0.15) is 6.04 Å². The summed E-state index contributed by atoms with van der Waals surface area (Å²) < 4.78 is 5.72. The Hall–Kier alpha value is -2.45. The van der Waals surface area contributed by atoms with E-state index < -0.39 is 6.04 Å². The molecule has 2 aromatic rings. The van der Waals surface area contributed by atoms with Crippen LogP contribution in [-0.4, -0.2) is 84.5 Å². The normalized spacial score (nSPS) is 22.0. The van der Waals surface area contributed by atoms with Gasteiger partial charge in [0, 0.05) is 75.4 Å². The molecule has 2 aromatic carbocycles. The van der Waals surface area contributed by atoms with Gasteiger partial charge in [0.15, 0.2) is 0 Å². The van der Waals surface area contributed by atoms with Crippen molar-refractivity contribution in [2.24, 2.45) is 5.92 Å². The number of rotatable bonds is 9. The van der Waals surface area contributed by atoms with E-state index in [1.54, 1.807) is 0 Å². The molecular formula is C33H45ClN4O3. The van der Waals surface area contributed by atoms with Crippen molar-refractivity contribution in [1.29, 1.82) is 0 Å². The molecule has 41 heavy (non-hydrogen) atoms. The van der Waals surface area contributed by atoms with E-state index in [2.05, 4.69) is 48.1 Å². The zero-order chi connectivity index (χ0) is 29.0. The average Bonchev–Trinajstić information content (AvgIpc) is 3.28. The van der Waals surface area contributed by atoms with Gasteiger partial charge in [-0.25, -0.2) is 0 Å². The van der Waals surface area contributed by atoms with Gasteiger partial charge in [0.25, 0.3) is 0 Å². The summed E-state index contributed by atoms with van der Waals surface area (Å²) in [6.45, 7) is 10.1. The van der Waals surface area contributed by atoms with Crippen LogP contribution in [0.3, 0.4) is 0 Å². The lowest BCUT2D eigenvalue weighted by atomic mass is 9.80. The topological polar surface area (TPSA) is 65.1 Å². The Labute approximate surface area is 250 Å². The zero-order valence-corrected chi connectivity index (χ0v) is 25.5. The van der Waals surface area contributed by atoms with Crippen LogP contribution in [0.15, 0.2) is 48.5 Å². The number of hydrogen-bond acceptors (Lipinski definition) is 5. The number of nitrogens with zero attached hydrogens (tertiary/aromatic N) is 3. The Morgan fingerprint density at radius 1 is 1.02 bits per heavy atom. The lowest BCUT2D eigenvalue weighted by Crippen LogP contribution is -2.62. The van der Waals surface area contributed by atoms with E-state index in [1.165, 1.54) is 11.1 Å². The fraction of sp³-hybridized carbons (Fsp3) is 0.576. The van der Waals surface area contributed by atoms with Crippen molar-refractivity contribution in [3.63, 3.8) is 0 Å². The molecule has 2 amide bonds. The van der Waals surface area contributed by atoms with Crippen molar-refractivity contribution in [3.05, 3.63) is 70.2 Å². The molecule has 2 atom stereocenters. The van der Waals surface area contributed by atoms with E-state index in [4.69, 9.17) is 16.3 Å². The summed E-state index contributed by atoms with van der Waals surface area (Å²) in [5.74, 6) is 0.512. The van der Waals surface area contributed by atoms with Crippen LogP contribution in [0.4, 0.5) is 0 Å². The SMILES string of the molecule is CC(C)CC1(N2CCN(C(=O)[C@@H](Cc3ccc(Cl)cc3)NC(=O)CC3c4ccccc4CN3C)CC2)CCOCC1. The molecule has 2 fully saturated rings. The minimum Gasteiger partial charge on any atom is -0.381 e. The molecule has 8 heteroatoms. The van der Waals surface area contributed by atoms with E-state index in [-0.39, 0.29) is 23.4 Å². The summed E-state index contributed by atoms with van der Waals surface area (Å²) in [5, 5.41) is 3.80. The molecule has 3 heterocycles. The fourth-order valence-corrected chi connectivity index (χ4v) is 7.28. The largest absolute Gasteiger partial charge is 0.381 e.